The van der Waals surface area contributed by atoms with Gasteiger partial charge in [-0.3, -0.25) is 0 Å². The highest BCUT2D eigenvalue weighted by molar-refractivity contribution is 5.91. The summed E-state index contributed by atoms with van der Waals surface area (Å²) in [7, 11) is 0. The average molecular weight is 413 g/mol. The standard InChI is InChI=1S/C19H11F4N7/c1-9-6-11(7-13(26-9)19(21,22)23)15-16(10-2-4-12(20)5-3-10)28-18(25)30-17(15)27-14(8-24)29-30/h2-7H,1H3,(H2,25,28). The van der Waals surface area contributed by atoms with Gasteiger partial charge in [-0.05, 0) is 48.9 Å². The molecule has 7 nitrogen and oxygen atoms in total. The molecule has 0 amide bonds. The Kier molecular flexibility index (Phi) is 4.34. The van der Waals surface area contributed by atoms with E-state index in [1.807, 2.05) is 0 Å². The second-order valence-electron chi connectivity index (χ2n) is 6.36. The minimum atomic E-state index is -4.68. The summed E-state index contributed by atoms with van der Waals surface area (Å²) in [5, 5.41) is 13.1. The van der Waals surface area contributed by atoms with Crippen molar-refractivity contribution < 1.29 is 17.6 Å². The molecule has 3 heterocycles. The monoisotopic (exact) mass is 413 g/mol. The first-order valence-corrected chi connectivity index (χ1v) is 8.46. The molecule has 150 valence electrons. The Morgan fingerprint density at radius 3 is 2.37 bits per heavy atom. The first-order chi connectivity index (χ1) is 14.2. The highest BCUT2D eigenvalue weighted by atomic mass is 19.4. The highest BCUT2D eigenvalue weighted by Gasteiger charge is 2.33. The summed E-state index contributed by atoms with van der Waals surface area (Å²) in [6.07, 6.45) is -4.68. The van der Waals surface area contributed by atoms with Crippen LogP contribution in [0.25, 0.3) is 28.0 Å². The van der Waals surface area contributed by atoms with Crippen LogP contribution in [0.15, 0.2) is 36.4 Å². The van der Waals surface area contributed by atoms with Gasteiger partial charge in [0.1, 0.15) is 17.6 Å². The maximum absolute atomic E-state index is 13.4. The number of aryl methyl sites for hydroxylation is 1. The van der Waals surface area contributed by atoms with Crippen LogP contribution >= 0.6 is 0 Å². The highest BCUT2D eigenvalue weighted by Crippen LogP contribution is 2.37. The van der Waals surface area contributed by atoms with E-state index in [-0.39, 0.29) is 39.9 Å². The van der Waals surface area contributed by atoms with Crippen LogP contribution in [0.5, 0.6) is 0 Å². The Hall–Kier alpha value is -4.07. The Morgan fingerprint density at radius 1 is 1.03 bits per heavy atom. The number of halogens is 4. The van der Waals surface area contributed by atoms with Gasteiger partial charge in [-0.2, -0.15) is 27.9 Å². The molecule has 3 aromatic heterocycles. The topological polar surface area (TPSA) is 106 Å². The van der Waals surface area contributed by atoms with Gasteiger partial charge in [0.05, 0.1) is 11.3 Å². The fourth-order valence-electron chi connectivity index (χ4n) is 3.05. The SMILES string of the molecule is Cc1cc(-c2c(-c3ccc(F)cc3)nc(N)n3nc(C#N)nc23)cc(C(F)(F)F)n1. The first-order valence-electron chi connectivity index (χ1n) is 8.46. The fourth-order valence-corrected chi connectivity index (χ4v) is 3.05. The minimum Gasteiger partial charge on any atom is -0.368 e. The van der Waals surface area contributed by atoms with Crippen molar-refractivity contribution in [3.05, 3.63) is 59.4 Å². The summed E-state index contributed by atoms with van der Waals surface area (Å²) in [5.74, 6) is -0.866. The molecule has 0 aliphatic rings. The first kappa shape index (κ1) is 19.3. The fraction of sp³-hybridized carbons (Fsp3) is 0.105. The number of hydrogen-bond donors (Lipinski definition) is 1. The summed E-state index contributed by atoms with van der Waals surface area (Å²) in [6.45, 7) is 1.42. The Bertz CT molecular complexity index is 1320. The number of fused-ring (bicyclic) bond motifs is 1. The van der Waals surface area contributed by atoms with Crippen LogP contribution in [0.4, 0.5) is 23.5 Å². The molecule has 30 heavy (non-hydrogen) atoms. The lowest BCUT2D eigenvalue weighted by Gasteiger charge is -2.14. The number of nitriles is 1. The number of aromatic nitrogens is 5. The summed E-state index contributed by atoms with van der Waals surface area (Å²) in [6, 6.07) is 9.25. The van der Waals surface area contributed by atoms with E-state index in [1.54, 1.807) is 6.07 Å². The number of pyridine rings is 1. The third-order valence-corrected chi connectivity index (χ3v) is 4.26. The van der Waals surface area contributed by atoms with E-state index in [9.17, 15) is 17.6 Å². The molecule has 0 saturated heterocycles. The van der Waals surface area contributed by atoms with Crippen molar-refractivity contribution in [3.63, 3.8) is 0 Å². The van der Waals surface area contributed by atoms with Gasteiger partial charge in [0.15, 0.2) is 5.65 Å². The number of alkyl halides is 3. The van der Waals surface area contributed by atoms with Gasteiger partial charge >= 0.3 is 6.18 Å². The number of rotatable bonds is 2. The van der Waals surface area contributed by atoms with Crippen molar-refractivity contribution in [2.75, 3.05) is 5.73 Å². The zero-order chi connectivity index (χ0) is 21.6. The van der Waals surface area contributed by atoms with Crippen molar-refractivity contribution in [2.45, 2.75) is 13.1 Å². The second kappa shape index (κ2) is 6.77. The van der Waals surface area contributed by atoms with Crippen LogP contribution < -0.4 is 5.73 Å². The zero-order valence-electron chi connectivity index (χ0n) is 15.2. The van der Waals surface area contributed by atoms with Gasteiger partial charge in [-0.25, -0.2) is 14.4 Å². The molecule has 2 N–H and O–H groups in total. The van der Waals surface area contributed by atoms with Crippen molar-refractivity contribution in [1.29, 1.82) is 5.26 Å². The van der Waals surface area contributed by atoms with Crippen molar-refractivity contribution in [1.82, 2.24) is 24.6 Å². The van der Waals surface area contributed by atoms with E-state index in [1.165, 1.54) is 37.3 Å². The molecule has 0 bridgehead atoms. The molecule has 0 fully saturated rings. The van der Waals surface area contributed by atoms with E-state index in [0.29, 0.717) is 5.56 Å². The number of benzene rings is 1. The molecule has 0 aliphatic heterocycles. The van der Waals surface area contributed by atoms with Gasteiger partial charge in [0, 0.05) is 11.3 Å². The molecule has 0 spiro atoms. The minimum absolute atomic E-state index is 0.0390. The van der Waals surface area contributed by atoms with E-state index < -0.39 is 17.7 Å². The lowest BCUT2D eigenvalue weighted by Crippen LogP contribution is -2.10. The summed E-state index contributed by atoms with van der Waals surface area (Å²) >= 11 is 0. The number of nitrogens with two attached hydrogens (primary N) is 1. The van der Waals surface area contributed by atoms with Crippen LogP contribution in [0.3, 0.4) is 0 Å². The van der Waals surface area contributed by atoms with Gasteiger partial charge in [-0.15, -0.1) is 5.10 Å². The van der Waals surface area contributed by atoms with Crippen molar-refractivity contribution in [2.24, 2.45) is 0 Å². The van der Waals surface area contributed by atoms with E-state index >= 15 is 0 Å². The lowest BCUT2D eigenvalue weighted by molar-refractivity contribution is -0.141. The van der Waals surface area contributed by atoms with Gasteiger partial charge in [-0.1, -0.05) is 0 Å². The number of anilines is 1. The van der Waals surface area contributed by atoms with Crippen molar-refractivity contribution >= 4 is 11.6 Å². The van der Waals surface area contributed by atoms with E-state index in [2.05, 4.69) is 20.1 Å². The molecular weight excluding hydrogens is 402 g/mol. The number of nitrogens with zero attached hydrogens (tertiary/aromatic N) is 6. The third kappa shape index (κ3) is 3.28. The van der Waals surface area contributed by atoms with E-state index in [4.69, 9.17) is 11.0 Å². The normalized spacial score (nSPS) is 11.6. The van der Waals surface area contributed by atoms with Gasteiger partial charge < -0.3 is 5.73 Å². The molecule has 4 rings (SSSR count). The quantitative estimate of drug-likeness (QED) is 0.502. The predicted octanol–water partition coefficient (Wildman–Crippen LogP) is 3.77. The Morgan fingerprint density at radius 2 is 1.73 bits per heavy atom. The smallest absolute Gasteiger partial charge is 0.368 e. The third-order valence-electron chi connectivity index (χ3n) is 4.26. The summed E-state index contributed by atoms with van der Waals surface area (Å²) in [5.41, 5.74) is 5.80. The van der Waals surface area contributed by atoms with E-state index in [0.717, 1.165) is 10.6 Å². The Balaban J connectivity index is 2.12. The Labute approximate surface area is 166 Å². The lowest BCUT2D eigenvalue weighted by atomic mass is 9.99. The number of hydrogen-bond acceptors (Lipinski definition) is 6. The number of nitrogen functional groups attached to an aromatic ring is 1. The zero-order valence-corrected chi connectivity index (χ0v) is 15.2. The van der Waals surface area contributed by atoms with Crippen LogP contribution in [0.2, 0.25) is 0 Å². The van der Waals surface area contributed by atoms with Gasteiger partial charge in [0.2, 0.25) is 5.95 Å². The summed E-state index contributed by atoms with van der Waals surface area (Å²) in [4.78, 5) is 11.9. The average Bonchev–Trinajstić information content (AvgIpc) is 3.12. The molecule has 0 unspecified atom stereocenters. The maximum atomic E-state index is 13.4. The van der Waals surface area contributed by atoms with Crippen LogP contribution in [0.1, 0.15) is 17.2 Å². The van der Waals surface area contributed by atoms with Crippen molar-refractivity contribution in [3.8, 4) is 28.5 Å². The summed E-state index contributed by atoms with van der Waals surface area (Å²) < 4.78 is 54.5. The molecule has 11 heteroatoms. The molecular formula is C19H11F4N7. The van der Waals surface area contributed by atoms with Crippen LogP contribution in [-0.2, 0) is 6.18 Å². The predicted molar refractivity (Wildman–Crippen MR) is 98.3 cm³/mol. The second-order valence-corrected chi connectivity index (χ2v) is 6.36. The van der Waals surface area contributed by atoms with Crippen LogP contribution in [-0.4, -0.2) is 24.6 Å². The molecule has 0 atom stereocenters. The molecule has 4 aromatic rings. The molecule has 0 radical (unpaired) electrons. The molecule has 0 aliphatic carbocycles. The maximum Gasteiger partial charge on any atom is 0.433 e. The molecule has 0 saturated carbocycles. The molecule has 1 aromatic carbocycles. The van der Waals surface area contributed by atoms with Crippen LogP contribution in [0, 0.1) is 24.1 Å². The largest absolute Gasteiger partial charge is 0.433 e. The van der Waals surface area contributed by atoms with Gasteiger partial charge in [0.25, 0.3) is 5.82 Å².